The first kappa shape index (κ1) is 22.0. The van der Waals surface area contributed by atoms with Gasteiger partial charge >= 0.3 is 0 Å². The van der Waals surface area contributed by atoms with E-state index in [-0.39, 0.29) is 5.56 Å². The lowest BCUT2D eigenvalue weighted by Gasteiger charge is -2.11. The van der Waals surface area contributed by atoms with Crippen molar-refractivity contribution in [2.75, 3.05) is 13.7 Å². The summed E-state index contributed by atoms with van der Waals surface area (Å²) in [7, 11) is 1.62. The summed E-state index contributed by atoms with van der Waals surface area (Å²) >= 11 is 1.33. The molecule has 0 aliphatic carbocycles. The normalized spacial score (nSPS) is 11.9. The van der Waals surface area contributed by atoms with Crippen molar-refractivity contribution in [2.45, 2.75) is 39.5 Å². The Morgan fingerprint density at radius 1 is 1.09 bits per heavy atom. The maximum atomic E-state index is 12.9. The van der Waals surface area contributed by atoms with Crippen molar-refractivity contribution >= 4 is 22.4 Å². The predicted molar refractivity (Wildman–Crippen MR) is 129 cm³/mol. The van der Waals surface area contributed by atoms with Gasteiger partial charge < -0.3 is 9.47 Å². The van der Waals surface area contributed by atoms with Gasteiger partial charge in [-0.2, -0.15) is 9.50 Å². The van der Waals surface area contributed by atoms with Crippen molar-refractivity contribution in [1.82, 2.24) is 14.6 Å². The zero-order chi connectivity index (χ0) is 22.5. The number of thiazole rings is 1. The minimum Gasteiger partial charge on any atom is -0.493 e. The Balaban J connectivity index is 1.58. The van der Waals surface area contributed by atoms with Crippen molar-refractivity contribution in [3.8, 4) is 22.9 Å². The van der Waals surface area contributed by atoms with Crippen molar-refractivity contribution < 1.29 is 9.47 Å². The first-order chi connectivity index (χ1) is 15.6. The number of unbranched alkanes of at least 4 members (excludes halogenated alkanes) is 3. The number of fused-ring (bicyclic) bond motifs is 1. The van der Waals surface area contributed by atoms with E-state index in [0.29, 0.717) is 33.4 Å². The second-order valence-corrected chi connectivity index (χ2v) is 8.74. The van der Waals surface area contributed by atoms with Gasteiger partial charge in [0.25, 0.3) is 5.56 Å². The van der Waals surface area contributed by atoms with Gasteiger partial charge in [0, 0.05) is 5.56 Å². The maximum Gasteiger partial charge on any atom is 0.291 e. The molecule has 7 heteroatoms. The van der Waals surface area contributed by atoms with Gasteiger partial charge in [-0.25, -0.2) is 0 Å². The highest BCUT2D eigenvalue weighted by Gasteiger charge is 2.12. The van der Waals surface area contributed by atoms with Crippen LogP contribution in [0, 0.1) is 6.92 Å². The fourth-order valence-electron chi connectivity index (χ4n) is 3.50. The molecular formula is C25H27N3O3S. The molecule has 0 spiro atoms. The minimum absolute atomic E-state index is 0.174. The molecule has 2 aromatic heterocycles. The molecule has 4 aromatic rings. The Morgan fingerprint density at radius 2 is 1.97 bits per heavy atom. The molecular weight excluding hydrogens is 422 g/mol. The van der Waals surface area contributed by atoms with Gasteiger partial charge in [0.2, 0.25) is 4.96 Å². The lowest BCUT2D eigenvalue weighted by atomic mass is 10.1. The SMILES string of the molecule is CCCCCCOc1ccc(/C=c2\sc3nc(-c4cccc(C)c4)nn3c2=O)cc1OC. The molecule has 0 atom stereocenters. The van der Waals surface area contributed by atoms with Crippen molar-refractivity contribution in [2.24, 2.45) is 0 Å². The summed E-state index contributed by atoms with van der Waals surface area (Å²) in [5.74, 6) is 1.93. The molecule has 0 aliphatic rings. The minimum atomic E-state index is -0.174. The van der Waals surface area contributed by atoms with E-state index in [2.05, 4.69) is 17.0 Å². The zero-order valence-corrected chi connectivity index (χ0v) is 19.4. The molecule has 0 saturated carbocycles. The summed E-state index contributed by atoms with van der Waals surface area (Å²) < 4.78 is 13.3. The van der Waals surface area contributed by atoms with E-state index in [9.17, 15) is 4.79 Å². The number of hydrogen-bond donors (Lipinski definition) is 0. The molecule has 32 heavy (non-hydrogen) atoms. The first-order valence-corrected chi connectivity index (χ1v) is 11.7. The average molecular weight is 450 g/mol. The predicted octanol–water partition coefficient (Wildman–Crippen LogP) is 4.64. The Bertz CT molecular complexity index is 1330. The molecule has 0 unspecified atom stereocenters. The monoisotopic (exact) mass is 449 g/mol. The van der Waals surface area contributed by atoms with E-state index in [1.807, 2.05) is 55.5 Å². The van der Waals surface area contributed by atoms with Crippen LogP contribution >= 0.6 is 11.3 Å². The van der Waals surface area contributed by atoms with Crippen LogP contribution < -0.4 is 19.6 Å². The maximum absolute atomic E-state index is 12.9. The van der Waals surface area contributed by atoms with E-state index >= 15 is 0 Å². The van der Waals surface area contributed by atoms with Crippen molar-refractivity contribution in [3.05, 3.63) is 68.5 Å². The number of benzene rings is 2. The number of nitrogens with zero attached hydrogens (tertiary/aromatic N) is 3. The van der Waals surface area contributed by atoms with Gasteiger partial charge in [-0.3, -0.25) is 4.79 Å². The Morgan fingerprint density at radius 3 is 2.72 bits per heavy atom. The average Bonchev–Trinajstić information content (AvgIpc) is 3.34. The van der Waals surface area contributed by atoms with Gasteiger partial charge in [-0.15, -0.1) is 5.10 Å². The van der Waals surface area contributed by atoms with Gasteiger partial charge in [-0.1, -0.05) is 67.4 Å². The molecule has 0 bridgehead atoms. The van der Waals surface area contributed by atoms with Crippen LogP contribution in [0.25, 0.3) is 22.4 Å². The Kier molecular flexibility index (Phi) is 6.85. The van der Waals surface area contributed by atoms with Crippen LogP contribution in [0.3, 0.4) is 0 Å². The van der Waals surface area contributed by atoms with Crippen LogP contribution in [0.1, 0.15) is 43.7 Å². The van der Waals surface area contributed by atoms with Gasteiger partial charge in [-0.05, 0) is 43.2 Å². The largest absolute Gasteiger partial charge is 0.493 e. The lowest BCUT2D eigenvalue weighted by molar-refractivity contribution is 0.285. The number of aryl methyl sites for hydroxylation is 1. The molecule has 0 N–H and O–H groups in total. The highest BCUT2D eigenvalue weighted by Crippen LogP contribution is 2.28. The van der Waals surface area contributed by atoms with E-state index in [1.165, 1.54) is 28.7 Å². The molecule has 0 amide bonds. The third-order valence-corrected chi connectivity index (χ3v) is 6.16. The van der Waals surface area contributed by atoms with E-state index in [4.69, 9.17) is 9.47 Å². The second-order valence-electron chi connectivity index (χ2n) is 7.73. The summed E-state index contributed by atoms with van der Waals surface area (Å²) in [6, 6.07) is 13.6. The fourth-order valence-corrected chi connectivity index (χ4v) is 4.40. The van der Waals surface area contributed by atoms with E-state index in [0.717, 1.165) is 29.5 Å². The van der Waals surface area contributed by atoms with Crippen molar-refractivity contribution in [1.29, 1.82) is 0 Å². The quantitative estimate of drug-likeness (QED) is 0.348. The number of aromatic nitrogens is 3. The molecule has 4 rings (SSSR count). The summed E-state index contributed by atoms with van der Waals surface area (Å²) in [6.45, 7) is 4.88. The molecule has 6 nitrogen and oxygen atoms in total. The van der Waals surface area contributed by atoms with Crippen LogP contribution in [0.15, 0.2) is 47.3 Å². The zero-order valence-electron chi connectivity index (χ0n) is 18.6. The summed E-state index contributed by atoms with van der Waals surface area (Å²) in [4.78, 5) is 18.0. The van der Waals surface area contributed by atoms with Crippen LogP contribution in [0.2, 0.25) is 0 Å². The Hall–Kier alpha value is -3.19. The summed E-state index contributed by atoms with van der Waals surface area (Å²) in [5.41, 5.74) is 2.72. The number of hydrogen-bond acceptors (Lipinski definition) is 6. The molecule has 2 aromatic carbocycles. The van der Waals surface area contributed by atoms with Crippen molar-refractivity contribution in [3.63, 3.8) is 0 Å². The number of rotatable bonds is 9. The standard InChI is InChI=1S/C25H27N3O3S/c1-4-5-6-7-13-31-20-12-11-18(15-21(20)30-3)16-22-24(29)28-25(32-22)26-23(27-28)19-10-8-9-17(2)14-19/h8-12,14-16H,4-7,13H2,1-3H3/b22-16-. The van der Waals surface area contributed by atoms with Gasteiger partial charge in [0.15, 0.2) is 17.3 Å². The molecule has 0 radical (unpaired) electrons. The van der Waals surface area contributed by atoms with Crippen LogP contribution in [-0.2, 0) is 0 Å². The van der Waals surface area contributed by atoms with Crippen LogP contribution in [0.4, 0.5) is 0 Å². The lowest BCUT2D eigenvalue weighted by Crippen LogP contribution is -2.23. The molecule has 2 heterocycles. The topological polar surface area (TPSA) is 65.7 Å². The van der Waals surface area contributed by atoms with Crippen LogP contribution in [-0.4, -0.2) is 28.3 Å². The number of ether oxygens (including phenoxy) is 2. The third kappa shape index (κ3) is 4.83. The van der Waals surface area contributed by atoms with E-state index in [1.54, 1.807) is 7.11 Å². The molecule has 0 fully saturated rings. The first-order valence-electron chi connectivity index (χ1n) is 10.9. The van der Waals surface area contributed by atoms with Crippen LogP contribution in [0.5, 0.6) is 11.5 Å². The molecule has 166 valence electrons. The van der Waals surface area contributed by atoms with Gasteiger partial charge in [0.1, 0.15) is 0 Å². The summed E-state index contributed by atoms with van der Waals surface area (Å²) in [5, 5.41) is 4.43. The fraction of sp³-hybridized carbons (Fsp3) is 0.320. The highest BCUT2D eigenvalue weighted by molar-refractivity contribution is 7.15. The molecule has 0 aliphatic heterocycles. The smallest absolute Gasteiger partial charge is 0.291 e. The third-order valence-electron chi connectivity index (χ3n) is 5.20. The second kappa shape index (κ2) is 9.96. The Labute approximate surface area is 191 Å². The highest BCUT2D eigenvalue weighted by atomic mass is 32.1. The molecule has 0 saturated heterocycles. The van der Waals surface area contributed by atoms with Gasteiger partial charge in [0.05, 0.1) is 18.2 Å². The number of methoxy groups -OCH3 is 1. The summed E-state index contributed by atoms with van der Waals surface area (Å²) in [6.07, 6.45) is 6.44. The van der Waals surface area contributed by atoms with E-state index < -0.39 is 0 Å².